The van der Waals surface area contributed by atoms with E-state index in [0.29, 0.717) is 21.4 Å². The number of hydrogen-bond acceptors (Lipinski definition) is 5. The topological polar surface area (TPSA) is 96.0 Å². The van der Waals surface area contributed by atoms with Crippen molar-refractivity contribution in [1.29, 1.82) is 0 Å². The Morgan fingerprint density at radius 1 is 0.974 bits per heavy atom. The summed E-state index contributed by atoms with van der Waals surface area (Å²) in [5.74, 6) is -0.585. The Morgan fingerprint density at radius 3 is 2.13 bits per heavy atom. The number of likely N-dealkylation sites (N-methyl/N-ethyl adjacent to an activating group) is 1. The zero-order valence-corrected chi connectivity index (χ0v) is 24.6. The molecule has 208 valence electrons. The van der Waals surface area contributed by atoms with E-state index in [1.54, 1.807) is 37.3 Å². The number of rotatable bonds is 11. The Labute approximate surface area is 243 Å². The Bertz CT molecular complexity index is 1410. The lowest BCUT2D eigenvalue weighted by molar-refractivity contribution is -0.140. The zero-order valence-electron chi connectivity index (χ0n) is 21.5. The van der Waals surface area contributed by atoms with Crippen LogP contribution in [0.4, 0.5) is 5.69 Å². The van der Waals surface area contributed by atoms with Crippen LogP contribution in [-0.2, 0) is 26.2 Å². The van der Waals surface area contributed by atoms with Crippen molar-refractivity contribution in [2.24, 2.45) is 0 Å². The van der Waals surface area contributed by atoms with Crippen LogP contribution in [0.2, 0.25) is 15.1 Å². The second-order valence-electron chi connectivity index (χ2n) is 8.43. The van der Waals surface area contributed by atoms with Crippen LogP contribution < -0.4 is 14.4 Å². The van der Waals surface area contributed by atoms with E-state index in [0.717, 1.165) is 4.31 Å². The lowest BCUT2D eigenvalue weighted by Gasteiger charge is -2.33. The van der Waals surface area contributed by atoms with Gasteiger partial charge in [-0.2, -0.15) is 0 Å². The molecule has 0 aromatic heterocycles. The average molecular weight is 613 g/mol. The van der Waals surface area contributed by atoms with Crippen LogP contribution >= 0.6 is 34.8 Å². The number of benzene rings is 3. The number of methoxy groups -OCH3 is 1. The third kappa shape index (κ3) is 7.16. The molecule has 3 aromatic rings. The van der Waals surface area contributed by atoms with E-state index in [9.17, 15) is 18.0 Å². The van der Waals surface area contributed by atoms with Gasteiger partial charge in [-0.3, -0.25) is 13.9 Å². The normalized spacial score (nSPS) is 11.9. The second-order valence-corrected chi connectivity index (χ2v) is 11.5. The fraction of sp³-hybridized carbons (Fsp3) is 0.259. The van der Waals surface area contributed by atoms with Crippen molar-refractivity contribution in [2.75, 3.05) is 25.0 Å². The van der Waals surface area contributed by atoms with Crippen LogP contribution in [0, 0.1) is 0 Å². The summed E-state index contributed by atoms with van der Waals surface area (Å²) < 4.78 is 33.8. The lowest BCUT2D eigenvalue weighted by atomic mass is 10.1. The molecule has 0 fully saturated rings. The molecule has 0 aliphatic rings. The van der Waals surface area contributed by atoms with Crippen molar-refractivity contribution >= 4 is 62.3 Å². The highest BCUT2D eigenvalue weighted by Crippen LogP contribution is 2.30. The van der Waals surface area contributed by atoms with Crippen molar-refractivity contribution in [3.05, 3.63) is 87.4 Å². The quantitative estimate of drug-likeness (QED) is 0.313. The molecule has 0 heterocycles. The minimum Gasteiger partial charge on any atom is -0.497 e. The summed E-state index contributed by atoms with van der Waals surface area (Å²) in [6.07, 6.45) is 0.260. The molecule has 0 aliphatic carbocycles. The highest BCUT2D eigenvalue weighted by atomic mass is 35.5. The smallest absolute Gasteiger partial charge is 0.264 e. The number of anilines is 1. The van der Waals surface area contributed by atoms with E-state index in [4.69, 9.17) is 39.5 Å². The Hall–Kier alpha value is -2.98. The van der Waals surface area contributed by atoms with Gasteiger partial charge in [0.25, 0.3) is 10.0 Å². The largest absolute Gasteiger partial charge is 0.497 e. The molecular weight excluding hydrogens is 585 g/mol. The van der Waals surface area contributed by atoms with Gasteiger partial charge in [-0.25, -0.2) is 8.42 Å². The van der Waals surface area contributed by atoms with Gasteiger partial charge in [-0.1, -0.05) is 53.9 Å². The molecule has 0 aliphatic heterocycles. The van der Waals surface area contributed by atoms with E-state index in [-0.39, 0.29) is 28.6 Å². The number of amides is 2. The van der Waals surface area contributed by atoms with Gasteiger partial charge in [0.1, 0.15) is 18.3 Å². The Morgan fingerprint density at radius 2 is 1.59 bits per heavy atom. The molecule has 1 N–H and O–H groups in total. The van der Waals surface area contributed by atoms with Gasteiger partial charge in [0.2, 0.25) is 11.8 Å². The Kier molecular flexibility index (Phi) is 10.5. The molecule has 3 aromatic carbocycles. The number of carbonyl (C=O) groups is 2. The summed E-state index contributed by atoms with van der Waals surface area (Å²) in [7, 11) is -1.32. The summed E-state index contributed by atoms with van der Waals surface area (Å²) in [4.78, 5) is 28.0. The fourth-order valence-electron chi connectivity index (χ4n) is 3.97. The first-order valence-electron chi connectivity index (χ1n) is 11.9. The van der Waals surface area contributed by atoms with E-state index in [1.807, 2.05) is 0 Å². The first kappa shape index (κ1) is 30.6. The van der Waals surface area contributed by atoms with Gasteiger partial charge < -0.3 is 15.0 Å². The third-order valence-electron chi connectivity index (χ3n) is 6.04. The van der Waals surface area contributed by atoms with Crippen LogP contribution in [0.25, 0.3) is 0 Å². The number of hydrogen-bond donors (Lipinski definition) is 1. The summed E-state index contributed by atoms with van der Waals surface area (Å²) >= 11 is 18.9. The first-order chi connectivity index (χ1) is 18.5. The SMILES string of the molecule is CC[C@H](C(=O)NC)N(Cc1c(Cl)cccc1Cl)C(=O)CN(c1cccc(Cl)c1)S(=O)(=O)c1ccc(OC)cc1. The summed E-state index contributed by atoms with van der Waals surface area (Å²) in [5, 5.41) is 3.47. The predicted molar refractivity (Wildman–Crippen MR) is 154 cm³/mol. The minimum absolute atomic E-state index is 0.0601. The number of nitrogens with one attached hydrogen (secondary N) is 1. The maximum atomic E-state index is 13.9. The van der Waals surface area contributed by atoms with E-state index in [1.165, 1.54) is 55.5 Å². The molecule has 3 rings (SSSR count). The molecule has 12 heteroatoms. The van der Waals surface area contributed by atoms with E-state index < -0.39 is 34.4 Å². The highest BCUT2D eigenvalue weighted by Gasteiger charge is 2.34. The number of halogens is 3. The second kappa shape index (κ2) is 13.4. The fourth-order valence-corrected chi connectivity index (χ4v) is 6.08. The summed E-state index contributed by atoms with van der Waals surface area (Å²) in [6.45, 7) is 1.01. The molecule has 0 radical (unpaired) electrons. The monoisotopic (exact) mass is 611 g/mol. The molecule has 0 spiro atoms. The lowest BCUT2D eigenvalue weighted by Crippen LogP contribution is -2.51. The maximum Gasteiger partial charge on any atom is 0.264 e. The molecule has 2 amide bonds. The summed E-state index contributed by atoms with van der Waals surface area (Å²) in [6, 6.07) is 15.9. The molecule has 0 saturated carbocycles. The number of ether oxygens (including phenoxy) is 1. The van der Waals surface area contributed by atoms with Crippen molar-refractivity contribution in [1.82, 2.24) is 10.2 Å². The molecule has 0 saturated heterocycles. The van der Waals surface area contributed by atoms with Gasteiger partial charge in [-0.05, 0) is 61.0 Å². The number of nitrogens with zero attached hydrogens (tertiary/aromatic N) is 2. The molecule has 0 unspecified atom stereocenters. The van der Waals surface area contributed by atoms with Crippen LogP contribution in [0.3, 0.4) is 0 Å². The average Bonchev–Trinajstić information content (AvgIpc) is 2.92. The van der Waals surface area contributed by atoms with Gasteiger partial charge in [0, 0.05) is 34.2 Å². The Balaban J connectivity index is 2.10. The van der Waals surface area contributed by atoms with Crippen LogP contribution in [0.5, 0.6) is 5.75 Å². The van der Waals surface area contributed by atoms with Crippen molar-refractivity contribution in [3.63, 3.8) is 0 Å². The standard InChI is InChI=1S/C27H28Cl3N3O5S/c1-4-25(27(35)31-2)32(16-22-23(29)9-6-10-24(22)30)26(34)17-33(19-8-5-7-18(28)15-19)39(36,37)21-13-11-20(38-3)12-14-21/h5-15,25H,4,16-17H2,1-3H3,(H,31,35)/t25-/m1/s1. The van der Waals surface area contributed by atoms with Crippen LogP contribution in [0.1, 0.15) is 18.9 Å². The van der Waals surface area contributed by atoms with E-state index in [2.05, 4.69) is 5.32 Å². The third-order valence-corrected chi connectivity index (χ3v) is 8.78. The number of sulfonamides is 1. The van der Waals surface area contributed by atoms with Crippen LogP contribution in [-0.4, -0.2) is 51.9 Å². The molecular formula is C27H28Cl3N3O5S. The zero-order chi connectivity index (χ0) is 28.7. The molecule has 39 heavy (non-hydrogen) atoms. The van der Waals surface area contributed by atoms with Crippen molar-refractivity contribution < 1.29 is 22.7 Å². The van der Waals surface area contributed by atoms with Crippen molar-refractivity contribution in [3.8, 4) is 5.75 Å². The number of carbonyl (C=O) groups excluding carboxylic acids is 2. The minimum atomic E-state index is -4.25. The molecule has 8 nitrogen and oxygen atoms in total. The van der Waals surface area contributed by atoms with E-state index >= 15 is 0 Å². The van der Waals surface area contributed by atoms with Gasteiger partial charge in [-0.15, -0.1) is 0 Å². The molecule has 0 bridgehead atoms. The van der Waals surface area contributed by atoms with Gasteiger partial charge in [0.05, 0.1) is 17.7 Å². The van der Waals surface area contributed by atoms with Gasteiger partial charge in [0.15, 0.2) is 0 Å². The van der Waals surface area contributed by atoms with Crippen molar-refractivity contribution in [2.45, 2.75) is 30.8 Å². The predicted octanol–water partition coefficient (Wildman–Crippen LogP) is 5.40. The summed E-state index contributed by atoms with van der Waals surface area (Å²) in [5.41, 5.74) is 0.610. The maximum absolute atomic E-state index is 13.9. The van der Waals surface area contributed by atoms with Gasteiger partial charge >= 0.3 is 0 Å². The highest BCUT2D eigenvalue weighted by molar-refractivity contribution is 7.92. The van der Waals surface area contributed by atoms with Crippen LogP contribution in [0.15, 0.2) is 71.6 Å². The molecule has 1 atom stereocenters. The first-order valence-corrected chi connectivity index (χ1v) is 14.5.